The summed E-state index contributed by atoms with van der Waals surface area (Å²) in [6.45, 7) is 2.03. The molecule has 0 fully saturated rings. The van der Waals surface area contributed by atoms with Crippen LogP contribution in [-0.2, 0) is 6.42 Å². The molecule has 1 aromatic carbocycles. The van der Waals surface area contributed by atoms with Gasteiger partial charge in [0.15, 0.2) is 5.82 Å². The molecule has 0 bridgehead atoms. The summed E-state index contributed by atoms with van der Waals surface area (Å²) in [7, 11) is 1.65. The van der Waals surface area contributed by atoms with E-state index >= 15 is 0 Å². The zero-order valence-electron chi connectivity index (χ0n) is 13.0. The van der Waals surface area contributed by atoms with Gasteiger partial charge in [0, 0.05) is 12.6 Å². The first-order valence-electron chi connectivity index (χ1n) is 7.27. The highest BCUT2D eigenvalue weighted by molar-refractivity contribution is 7.99. The van der Waals surface area contributed by atoms with E-state index in [1.807, 2.05) is 49.4 Å². The van der Waals surface area contributed by atoms with Crippen molar-refractivity contribution in [2.75, 3.05) is 7.11 Å². The largest absolute Gasteiger partial charge is 0.497 e. The molecular formula is C17H17N3O2S. The van der Waals surface area contributed by atoms with Crippen LogP contribution in [0.1, 0.15) is 29.5 Å². The molecule has 3 aromatic rings. The molecule has 0 saturated carbocycles. The molecule has 0 aliphatic carbocycles. The van der Waals surface area contributed by atoms with Crippen molar-refractivity contribution in [2.24, 2.45) is 0 Å². The summed E-state index contributed by atoms with van der Waals surface area (Å²) < 4.78 is 10.5. The second kappa shape index (κ2) is 7.28. The maximum atomic E-state index is 5.38. The first-order chi connectivity index (χ1) is 11.2. The smallest absolute Gasteiger partial charge is 0.239 e. The fraction of sp³-hybridized carbons (Fsp3) is 0.235. The van der Waals surface area contributed by atoms with Crippen LogP contribution in [0.25, 0.3) is 0 Å². The van der Waals surface area contributed by atoms with Crippen LogP contribution in [0.15, 0.2) is 58.2 Å². The molecule has 0 unspecified atom stereocenters. The Bertz CT molecular complexity index is 744. The van der Waals surface area contributed by atoms with Gasteiger partial charge in [-0.05, 0) is 36.8 Å². The number of hydrogen-bond donors (Lipinski definition) is 0. The zero-order valence-corrected chi connectivity index (χ0v) is 13.8. The molecule has 118 valence electrons. The van der Waals surface area contributed by atoms with E-state index in [0.717, 1.165) is 16.3 Å². The highest BCUT2D eigenvalue weighted by Gasteiger charge is 2.16. The number of ether oxygens (including phenoxy) is 1. The first kappa shape index (κ1) is 15.6. The van der Waals surface area contributed by atoms with Gasteiger partial charge >= 0.3 is 0 Å². The molecule has 0 radical (unpaired) electrons. The fourth-order valence-electron chi connectivity index (χ4n) is 2.08. The molecule has 0 spiro atoms. The van der Waals surface area contributed by atoms with E-state index in [1.165, 1.54) is 0 Å². The lowest BCUT2D eigenvalue weighted by Crippen LogP contribution is -1.93. The number of benzene rings is 1. The van der Waals surface area contributed by atoms with Gasteiger partial charge in [0.25, 0.3) is 0 Å². The van der Waals surface area contributed by atoms with Crippen LogP contribution in [0.3, 0.4) is 0 Å². The molecule has 2 aromatic heterocycles. The van der Waals surface area contributed by atoms with Gasteiger partial charge in [-0.25, -0.2) is 4.98 Å². The van der Waals surface area contributed by atoms with E-state index in [2.05, 4.69) is 15.1 Å². The summed E-state index contributed by atoms with van der Waals surface area (Å²) >= 11 is 1.60. The minimum Gasteiger partial charge on any atom is -0.497 e. The van der Waals surface area contributed by atoms with Gasteiger partial charge < -0.3 is 9.26 Å². The zero-order chi connectivity index (χ0) is 16.1. The number of pyridine rings is 1. The lowest BCUT2D eigenvalue weighted by atomic mass is 10.1. The normalized spacial score (nSPS) is 12.1. The number of nitrogens with zero attached hydrogens (tertiary/aromatic N) is 3. The van der Waals surface area contributed by atoms with Crippen molar-refractivity contribution in [3.63, 3.8) is 0 Å². The molecule has 0 aliphatic heterocycles. The van der Waals surface area contributed by atoms with E-state index in [4.69, 9.17) is 9.26 Å². The highest BCUT2D eigenvalue weighted by atomic mass is 32.2. The van der Waals surface area contributed by atoms with Crippen LogP contribution in [0.2, 0.25) is 0 Å². The number of methoxy groups -OCH3 is 1. The summed E-state index contributed by atoms with van der Waals surface area (Å²) in [6, 6.07) is 13.7. The van der Waals surface area contributed by atoms with Crippen molar-refractivity contribution in [1.29, 1.82) is 0 Å². The Morgan fingerprint density at radius 1 is 1.17 bits per heavy atom. The number of hydrogen-bond acceptors (Lipinski definition) is 6. The van der Waals surface area contributed by atoms with Crippen molar-refractivity contribution >= 4 is 11.8 Å². The third kappa shape index (κ3) is 4.10. The molecule has 0 N–H and O–H groups in total. The Hall–Kier alpha value is -2.34. The molecule has 2 heterocycles. The predicted octanol–water partition coefficient (Wildman–Crippen LogP) is 3.92. The standard InChI is InChI=1S/C17H17N3O2S/c1-12(23-16-5-3-4-10-18-16)17-19-15(20-22-17)11-13-6-8-14(21-2)9-7-13/h3-10,12H,11H2,1-2H3/t12-/m0/s1. The number of aromatic nitrogens is 3. The monoisotopic (exact) mass is 327 g/mol. The summed E-state index contributed by atoms with van der Waals surface area (Å²) in [5.41, 5.74) is 1.11. The second-order valence-corrected chi connectivity index (χ2v) is 6.36. The van der Waals surface area contributed by atoms with Gasteiger partial charge in [-0.2, -0.15) is 4.98 Å². The third-order valence-corrected chi connectivity index (χ3v) is 4.33. The number of thioether (sulfide) groups is 1. The fourth-order valence-corrected chi connectivity index (χ4v) is 2.92. The summed E-state index contributed by atoms with van der Waals surface area (Å²) in [5.74, 6) is 2.13. The molecule has 23 heavy (non-hydrogen) atoms. The van der Waals surface area contributed by atoms with E-state index in [0.29, 0.717) is 18.1 Å². The minimum absolute atomic E-state index is 0.0574. The van der Waals surface area contributed by atoms with Crippen molar-refractivity contribution < 1.29 is 9.26 Å². The predicted molar refractivity (Wildman–Crippen MR) is 88.6 cm³/mol. The van der Waals surface area contributed by atoms with E-state index in [-0.39, 0.29) is 5.25 Å². The molecule has 1 atom stereocenters. The quantitative estimate of drug-likeness (QED) is 0.640. The average molecular weight is 327 g/mol. The summed E-state index contributed by atoms with van der Waals surface area (Å²) in [5, 5.41) is 5.06. The van der Waals surface area contributed by atoms with E-state index in [9.17, 15) is 0 Å². The van der Waals surface area contributed by atoms with Gasteiger partial charge in [0.2, 0.25) is 5.89 Å². The first-order valence-corrected chi connectivity index (χ1v) is 8.15. The SMILES string of the molecule is COc1ccc(Cc2noc([C@H](C)Sc3ccccn3)n2)cc1. The van der Waals surface area contributed by atoms with Crippen LogP contribution in [-0.4, -0.2) is 22.2 Å². The Labute approximate surface area is 139 Å². The molecule has 0 saturated heterocycles. The van der Waals surface area contributed by atoms with Crippen molar-refractivity contribution in [2.45, 2.75) is 23.6 Å². The van der Waals surface area contributed by atoms with Gasteiger partial charge in [-0.15, -0.1) is 0 Å². The van der Waals surface area contributed by atoms with Crippen molar-refractivity contribution in [3.8, 4) is 5.75 Å². The average Bonchev–Trinajstić information content (AvgIpc) is 3.05. The highest BCUT2D eigenvalue weighted by Crippen LogP contribution is 2.32. The Kier molecular flexibility index (Phi) is 4.92. The van der Waals surface area contributed by atoms with Crippen molar-refractivity contribution in [1.82, 2.24) is 15.1 Å². The van der Waals surface area contributed by atoms with Crippen LogP contribution in [0.5, 0.6) is 5.75 Å². The van der Waals surface area contributed by atoms with Gasteiger partial charge in [0.1, 0.15) is 5.75 Å². The summed E-state index contributed by atoms with van der Waals surface area (Å²) in [4.78, 5) is 8.78. The third-order valence-electron chi connectivity index (χ3n) is 3.29. The van der Waals surface area contributed by atoms with E-state index < -0.39 is 0 Å². The molecular weight excluding hydrogens is 310 g/mol. The van der Waals surface area contributed by atoms with Gasteiger partial charge in [0.05, 0.1) is 17.4 Å². The van der Waals surface area contributed by atoms with Gasteiger partial charge in [-0.1, -0.05) is 35.1 Å². The molecule has 0 aliphatic rings. The Morgan fingerprint density at radius 2 is 2.00 bits per heavy atom. The van der Waals surface area contributed by atoms with Crippen LogP contribution < -0.4 is 4.74 Å². The van der Waals surface area contributed by atoms with Crippen LogP contribution in [0.4, 0.5) is 0 Å². The lowest BCUT2D eigenvalue weighted by molar-refractivity contribution is 0.375. The maximum Gasteiger partial charge on any atom is 0.239 e. The molecule has 6 heteroatoms. The molecule has 3 rings (SSSR count). The second-order valence-electron chi connectivity index (χ2n) is 5.00. The Balaban J connectivity index is 1.65. The van der Waals surface area contributed by atoms with Crippen molar-refractivity contribution in [3.05, 3.63) is 65.9 Å². The van der Waals surface area contributed by atoms with Crippen LogP contribution in [0, 0.1) is 0 Å². The lowest BCUT2D eigenvalue weighted by Gasteiger charge is -2.04. The minimum atomic E-state index is 0.0574. The summed E-state index contributed by atoms with van der Waals surface area (Å²) in [6.07, 6.45) is 2.41. The van der Waals surface area contributed by atoms with Crippen LogP contribution >= 0.6 is 11.8 Å². The van der Waals surface area contributed by atoms with E-state index in [1.54, 1.807) is 25.1 Å². The molecule has 5 nitrogen and oxygen atoms in total. The maximum absolute atomic E-state index is 5.38. The van der Waals surface area contributed by atoms with Gasteiger partial charge in [-0.3, -0.25) is 0 Å². The molecule has 0 amide bonds. The topological polar surface area (TPSA) is 61.0 Å². The number of rotatable bonds is 6. The Morgan fingerprint density at radius 3 is 2.70 bits per heavy atom.